The third kappa shape index (κ3) is 3.54. The highest BCUT2D eigenvalue weighted by atomic mass is 16.5. The summed E-state index contributed by atoms with van der Waals surface area (Å²) in [6, 6.07) is 8.26. The average Bonchev–Trinajstić information content (AvgIpc) is 2.38. The van der Waals surface area contributed by atoms with E-state index in [4.69, 9.17) is 10.5 Å². The van der Waals surface area contributed by atoms with Gasteiger partial charge in [0.15, 0.2) is 0 Å². The van der Waals surface area contributed by atoms with E-state index in [2.05, 4.69) is 33.3 Å². The molecule has 0 aliphatic heterocycles. The van der Waals surface area contributed by atoms with Crippen molar-refractivity contribution in [3.8, 4) is 6.01 Å². The van der Waals surface area contributed by atoms with Crippen LogP contribution in [0.2, 0.25) is 0 Å². The predicted molar refractivity (Wildman–Crippen MR) is 74.5 cm³/mol. The molecular formula is C13H17N5O. The summed E-state index contributed by atoms with van der Waals surface area (Å²) in [6.07, 6.45) is 0.971. The Morgan fingerprint density at radius 3 is 2.79 bits per heavy atom. The number of nitrogens with zero attached hydrogens (tertiary/aromatic N) is 3. The zero-order chi connectivity index (χ0) is 13.7. The van der Waals surface area contributed by atoms with Gasteiger partial charge in [0.1, 0.15) is 0 Å². The minimum absolute atomic E-state index is 0.132. The fraction of sp³-hybridized carbons (Fsp3) is 0.308. The monoisotopic (exact) mass is 259 g/mol. The van der Waals surface area contributed by atoms with E-state index in [1.54, 1.807) is 0 Å². The van der Waals surface area contributed by atoms with Crippen molar-refractivity contribution in [1.29, 1.82) is 0 Å². The lowest BCUT2D eigenvalue weighted by molar-refractivity contribution is 0.312. The molecule has 6 nitrogen and oxygen atoms in total. The first-order valence-corrected chi connectivity index (χ1v) is 6.21. The maximum atomic E-state index is 5.62. The number of rotatable bonds is 5. The highest BCUT2D eigenvalue weighted by Crippen LogP contribution is 2.17. The lowest BCUT2D eigenvalue weighted by Crippen LogP contribution is -2.06. The first-order chi connectivity index (χ1) is 9.21. The molecule has 0 bridgehead atoms. The van der Waals surface area contributed by atoms with Crippen LogP contribution in [0.15, 0.2) is 24.3 Å². The Morgan fingerprint density at radius 2 is 2.05 bits per heavy atom. The van der Waals surface area contributed by atoms with Crippen LogP contribution in [-0.4, -0.2) is 21.6 Å². The van der Waals surface area contributed by atoms with Crippen LogP contribution in [0.25, 0.3) is 0 Å². The SMILES string of the molecule is CCOc1nc(N)nc(Nc2cccc(CC)c2)n1. The van der Waals surface area contributed by atoms with Gasteiger partial charge in [0, 0.05) is 5.69 Å². The largest absolute Gasteiger partial charge is 0.464 e. The van der Waals surface area contributed by atoms with Gasteiger partial charge in [-0.3, -0.25) is 0 Å². The van der Waals surface area contributed by atoms with E-state index in [9.17, 15) is 0 Å². The molecule has 0 aliphatic rings. The Kier molecular flexibility index (Phi) is 4.12. The smallest absolute Gasteiger partial charge is 0.323 e. The van der Waals surface area contributed by atoms with Crippen LogP contribution >= 0.6 is 0 Å². The number of nitrogens with one attached hydrogen (secondary N) is 1. The van der Waals surface area contributed by atoms with E-state index < -0.39 is 0 Å². The molecule has 6 heteroatoms. The summed E-state index contributed by atoms with van der Waals surface area (Å²) < 4.78 is 5.23. The fourth-order valence-corrected chi connectivity index (χ4v) is 1.62. The van der Waals surface area contributed by atoms with Gasteiger partial charge in [-0.1, -0.05) is 19.1 Å². The Hall–Kier alpha value is -2.37. The zero-order valence-corrected chi connectivity index (χ0v) is 11.1. The lowest BCUT2D eigenvalue weighted by Gasteiger charge is -2.08. The minimum atomic E-state index is 0.132. The molecule has 19 heavy (non-hydrogen) atoms. The molecule has 0 saturated heterocycles. The molecule has 0 unspecified atom stereocenters. The number of hydrogen-bond donors (Lipinski definition) is 2. The fourth-order valence-electron chi connectivity index (χ4n) is 1.62. The topological polar surface area (TPSA) is 86.0 Å². The first kappa shape index (κ1) is 13.1. The highest BCUT2D eigenvalue weighted by molar-refractivity contribution is 5.55. The minimum Gasteiger partial charge on any atom is -0.464 e. The van der Waals surface area contributed by atoms with Crippen LogP contribution in [0.1, 0.15) is 19.4 Å². The van der Waals surface area contributed by atoms with Gasteiger partial charge in [0.05, 0.1) is 6.61 Å². The Morgan fingerprint density at radius 1 is 1.21 bits per heavy atom. The number of nitrogens with two attached hydrogens (primary N) is 1. The summed E-state index contributed by atoms with van der Waals surface area (Å²) in [5.41, 5.74) is 7.76. The average molecular weight is 259 g/mol. The van der Waals surface area contributed by atoms with Gasteiger partial charge in [-0.15, -0.1) is 0 Å². The van der Waals surface area contributed by atoms with E-state index in [-0.39, 0.29) is 12.0 Å². The molecule has 0 aliphatic carbocycles. The summed E-state index contributed by atoms with van der Waals surface area (Å²) in [5.74, 6) is 0.511. The second-order valence-corrected chi connectivity index (χ2v) is 3.91. The van der Waals surface area contributed by atoms with E-state index in [0.717, 1.165) is 12.1 Å². The lowest BCUT2D eigenvalue weighted by atomic mass is 10.1. The Balaban J connectivity index is 2.22. The van der Waals surface area contributed by atoms with Gasteiger partial charge in [0.2, 0.25) is 11.9 Å². The van der Waals surface area contributed by atoms with Crippen molar-refractivity contribution in [2.24, 2.45) is 0 Å². The number of benzene rings is 1. The van der Waals surface area contributed by atoms with Crippen LogP contribution < -0.4 is 15.8 Å². The maximum Gasteiger partial charge on any atom is 0.323 e. The van der Waals surface area contributed by atoms with Crippen molar-refractivity contribution in [3.63, 3.8) is 0 Å². The zero-order valence-electron chi connectivity index (χ0n) is 11.1. The van der Waals surface area contributed by atoms with Crippen LogP contribution in [0, 0.1) is 0 Å². The number of aryl methyl sites for hydroxylation is 1. The predicted octanol–water partition coefficient (Wildman–Crippen LogP) is 2.16. The number of aromatic nitrogens is 3. The number of ether oxygens (including phenoxy) is 1. The molecule has 0 fully saturated rings. The molecule has 3 N–H and O–H groups in total. The van der Waals surface area contributed by atoms with Crippen molar-refractivity contribution in [1.82, 2.24) is 15.0 Å². The van der Waals surface area contributed by atoms with Crippen molar-refractivity contribution in [3.05, 3.63) is 29.8 Å². The Bertz CT molecular complexity index is 558. The van der Waals surface area contributed by atoms with Gasteiger partial charge in [-0.2, -0.15) is 15.0 Å². The first-order valence-electron chi connectivity index (χ1n) is 6.21. The molecule has 1 heterocycles. The van der Waals surface area contributed by atoms with Crippen molar-refractivity contribution in [2.45, 2.75) is 20.3 Å². The van der Waals surface area contributed by atoms with Gasteiger partial charge in [-0.25, -0.2) is 0 Å². The molecule has 1 aromatic heterocycles. The van der Waals surface area contributed by atoms with Gasteiger partial charge < -0.3 is 15.8 Å². The molecular weight excluding hydrogens is 242 g/mol. The summed E-state index contributed by atoms with van der Waals surface area (Å²) in [7, 11) is 0. The quantitative estimate of drug-likeness (QED) is 0.855. The summed E-state index contributed by atoms with van der Waals surface area (Å²) in [4.78, 5) is 12.1. The molecule has 0 amide bonds. The number of nitrogen functional groups attached to an aromatic ring is 1. The molecule has 2 aromatic rings. The molecule has 1 aromatic carbocycles. The molecule has 2 rings (SSSR count). The molecule has 100 valence electrons. The van der Waals surface area contributed by atoms with E-state index in [0.29, 0.717) is 12.6 Å². The standard InChI is InChI=1S/C13H17N5O/c1-3-9-6-5-7-10(8-9)15-12-16-11(14)17-13(18-12)19-4-2/h5-8H,3-4H2,1-2H3,(H3,14,15,16,17,18). The van der Waals surface area contributed by atoms with Crippen LogP contribution in [0.3, 0.4) is 0 Å². The van der Waals surface area contributed by atoms with Crippen LogP contribution in [0.5, 0.6) is 6.01 Å². The maximum absolute atomic E-state index is 5.62. The second kappa shape index (κ2) is 5.99. The normalized spacial score (nSPS) is 10.2. The van der Waals surface area contributed by atoms with Crippen molar-refractivity contribution >= 4 is 17.6 Å². The summed E-state index contributed by atoms with van der Waals surface area (Å²) in [5, 5.41) is 3.10. The van der Waals surface area contributed by atoms with E-state index in [1.165, 1.54) is 5.56 Å². The van der Waals surface area contributed by atoms with Crippen molar-refractivity contribution in [2.75, 3.05) is 17.7 Å². The van der Waals surface area contributed by atoms with E-state index >= 15 is 0 Å². The molecule has 0 atom stereocenters. The van der Waals surface area contributed by atoms with Gasteiger partial charge in [-0.05, 0) is 31.0 Å². The van der Waals surface area contributed by atoms with Crippen molar-refractivity contribution < 1.29 is 4.74 Å². The summed E-state index contributed by atoms with van der Waals surface area (Å²) in [6.45, 7) is 4.44. The second-order valence-electron chi connectivity index (χ2n) is 3.91. The third-order valence-corrected chi connectivity index (χ3v) is 2.50. The highest BCUT2D eigenvalue weighted by Gasteiger charge is 2.05. The van der Waals surface area contributed by atoms with Gasteiger partial charge in [0.25, 0.3) is 0 Å². The molecule has 0 spiro atoms. The Labute approximate surface area is 112 Å². The van der Waals surface area contributed by atoms with Gasteiger partial charge >= 0.3 is 6.01 Å². The molecule has 0 radical (unpaired) electrons. The van der Waals surface area contributed by atoms with E-state index in [1.807, 2.05) is 25.1 Å². The number of hydrogen-bond acceptors (Lipinski definition) is 6. The van der Waals surface area contributed by atoms with Crippen LogP contribution in [-0.2, 0) is 6.42 Å². The van der Waals surface area contributed by atoms with Crippen LogP contribution in [0.4, 0.5) is 17.6 Å². The third-order valence-electron chi connectivity index (χ3n) is 2.50. The summed E-state index contributed by atoms with van der Waals surface area (Å²) >= 11 is 0. The molecule has 0 saturated carbocycles. The number of anilines is 3.